The summed E-state index contributed by atoms with van der Waals surface area (Å²) in [4.78, 5) is 69.5. The predicted molar refractivity (Wildman–Crippen MR) is 134 cm³/mol. The van der Waals surface area contributed by atoms with E-state index in [0.29, 0.717) is 0 Å². The second-order valence-corrected chi connectivity index (χ2v) is 8.45. The molecule has 0 bridgehead atoms. The van der Waals surface area contributed by atoms with Gasteiger partial charge in [0, 0.05) is 36.5 Å². The Morgan fingerprint density at radius 1 is 0.595 bits per heavy atom. The third-order valence-corrected chi connectivity index (χ3v) is 5.21. The van der Waals surface area contributed by atoms with Gasteiger partial charge >= 0.3 is 35.8 Å². The molecule has 0 radical (unpaired) electrons. The highest BCUT2D eigenvalue weighted by molar-refractivity contribution is 5.92. The lowest BCUT2D eigenvalue weighted by atomic mass is 10.1. The van der Waals surface area contributed by atoms with Crippen molar-refractivity contribution in [2.75, 3.05) is 39.6 Å². The van der Waals surface area contributed by atoms with Crippen LogP contribution in [0.15, 0.2) is 49.6 Å². The van der Waals surface area contributed by atoms with Crippen LogP contribution in [0.2, 0.25) is 0 Å². The quantitative estimate of drug-likeness (QED) is 0.111. The van der Waals surface area contributed by atoms with Crippen molar-refractivity contribution in [3.05, 3.63) is 49.6 Å². The molecule has 6 atom stereocenters. The van der Waals surface area contributed by atoms with Gasteiger partial charge in [-0.3, -0.25) is 0 Å². The third-order valence-electron chi connectivity index (χ3n) is 5.21. The normalized spacial score (nSPS) is 22.4. The summed E-state index contributed by atoms with van der Waals surface area (Å²) in [6.07, 6.45) is -0.923. The molecule has 2 aliphatic rings. The van der Waals surface area contributed by atoms with E-state index in [0.717, 1.165) is 36.5 Å². The third kappa shape index (κ3) is 12.0. The molecule has 2 heterocycles. The van der Waals surface area contributed by atoms with Crippen molar-refractivity contribution in [3.8, 4) is 0 Å². The summed E-state index contributed by atoms with van der Waals surface area (Å²) in [5, 5.41) is 19.2. The molecule has 2 rings (SSSR count). The van der Waals surface area contributed by atoms with E-state index in [-0.39, 0.29) is 13.2 Å². The van der Waals surface area contributed by atoms with Gasteiger partial charge < -0.3 is 48.1 Å². The van der Waals surface area contributed by atoms with Crippen molar-refractivity contribution in [1.82, 2.24) is 0 Å². The monoisotopic (exact) mass is 598 g/mol. The topological polar surface area (TPSA) is 217 Å². The summed E-state index contributed by atoms with van der Waals surface area (Å²) in [6.45, 7) is 4.37. The summed E-state index contributed by atoms with van der Waals surface area (Å²) >= 11 is 0. The van der Waals surface area contributed by atoms with Crippen LogP contribution in [0.1, 0.15) is 0 Å². The fourth-order valence-electron chi connectivity index (χ4n) is 3.30. The summed E-state index contributed by atoms with van der Waals surface area (Å²) in [6, 6.07) is 0. The Bertz CT molecular complexity index is 994. The fraction of sp³-hybridized carbons (Fsp3) is 0.462. The minimum absolute atomic E-state index is 0.0877. The van der Waals surface area contributed by atoms with Crippen molar-refractivity contribution in [1.29, 1.82) is 0 Å². The van der Waals surface area contributed by atoms with Crippen molar-refractivity contribution < 1.29 is 76.9 Å². The van der Waals surface area contributed by atoms with Crippen LogP contribution in [0.5, 0.6) is 0 Å². The highest BCUT2D eigenvalue weighted by Crippen LogP contribution is 2.30. The summed E-state index contributed by atoms with van der Waals surface area (Å²) in [5.41, 5.74) is 0. The van der Waals surface area contributed by atoms with Gasteiger partial charge in [0.25, 0.3) is 0 Å². The zero-order chi connectivity index (χ0) is 31.1. The highest BCUT2D eigenvalue weighted by atomic mass is 16.7. The Morgan fingerprint density at radius 3 is 1.24 bits per heavy atom. The van der Waals surface area contributed by atoms with Gasteiger partial charge in [-0.25, -0.2) is 28.8 Å². The van der Waals surface area contributed by atoms with E-state index >= 15 is 0 Å². The predicted octanol–water partition coefficient (Wildman–Crippen LogP) is -2.01. The van der Waals surface area contributed by atoms with Crippen LogP contribution in [0.3, 0.4) is 0 Å². The number of hydrogen-bond donors (Lipinski definition) is 2. The van der Waals surface area contributed by atoms with Crippen LogP contribution in [0.4, 0.5) is 0 Å². The number of aliphatic hydroxyl groups excluding tert-OH is 2. The SMILES string of the molecule is C=CC(=O)OCC(O)COC(=O)/C=C\C(=O)OC1COC2C(OC(=O)/C=C\C(=O)OCC(O)COC(=O)C=C)COC12. The highest BCUT2D eigenvalue weighted by Gasteiger charge is 2.51. The van der Waals surface area contributed by atoms with Gasteiger partial charge in [0.2, 0.25) is 0 Å². The number of carbonyl (C=O) groups is 6. The van der Waals surface area contributed by atoms with Crippen molar-refractivity contribution in [2.24, 2.45) is 0 Å². The first-order valence-electron chi connectivity index (χ1n) is 12.3. The largest absolute Gasteiger partial charge is 0.460 e. The maximum Gasteiger partial charge on any atom is 0.331 e. The molecule has 2 fully saturated rings. The fourth-order valence-corrected chi connectivity index (χ4v) is 3.30. The van der Waals surface area contributed by atoms with Crippen molar-refractivity contribution in [3.63, 3.8) is 0 Å². The van der Waals surface area contributed by atoms with Gasteiger partial charge in [0.15, 0.2) is 12.2 Å². The number of hydrogen-bond acceptors (Lipinski definition) is 16. The molecular formula is C26H30O16. The van der Waals surface area contributed by atoms with Gasteiger partial charge in [0.05, 0.1) is 13.2 Å². The van der Waals surface area contributed by atoms with Crippen LogP contribution >= 0.6 is 0 Å². The summed E-state index contributed by atoms with van der Waals surface area (Å²) in [7, 11) is 0. The summed E-state index contributed by atoms with van der Waals surface area (Å²) in [5.74, 6) is -5.28. The van der Waals surface area contributed by atoms with Gasteiger partial charge in [-0.15, -0.1) is 0 Å². The molecule has 0 aliphatic carbocycles. The minimum Gasteiger partial charge on any atom is -0.460 e. The maximum atomic E-state index is 12.1. The lowest BCUT2D eigenvalue weighted by Gasteiger charge is -2.16. The molecule has 0 aromatic carbocycles. The molecule has 6 unspecified atom stereocenters. The van der Waals surface area contributed by atoms with Crippen LogP contribution in [0, 0.1) is 0 Å². The van der Waals surface area contributed by atoms with Gasteiger partial charge in [-0.1, -0.05) is 13.2 Å². The number of fused-ring (bicyclic) bond motifs is 1. The molecule has 2 saturated heterocycles. The molecule has 2 aliphatic heterocycles. The van der Waals surface area contributed by atoms with Gasteiger partial charge in [0.1, 0.15) is 50.8 Å². The first-order valence-corrected chi connectivity index (χ1v) is 12.3. The average Bonchev–Trinajstić information content (AvgIpc) is 3.56. The van der Waals surface area contributed by atoms with Gasteiger partial charge in [-0.05, 0) is 0 Å². The van der Waals surface area contributed by atoms with E-state index in [1.54, 1.807) is 0 Å². The molecule has 0 aromatic heterocycles. The lowest BCUT2D eigenvalue weighted by Crippen LogP contribution is -2.35. The molecule has 0 aromatic rings. The standard InChI is InChI=1S/C26H30O16/c1-3-19(29)35-9-15(27)11-37-21(31)5-7-23(33)41-17-13-39-26-18(14-40-25(17)26)42-24(34)8-6-22(32)38-12-16(28)10-36-20(30)4-2/h3-8,15-18,25-28H,1-2,9-14H2/b7-5-,8-6-. The Balaban J connectivity index is 1.70. The smallest absolute Gasteiger partial charge is 0.331 e. The summed E-state index contributed by atoms with van der Waals surface area (Å²) < 4.78 is 40.1. The molecule has 2 N–H and O–H groups in total. The Hall–Kier alpha value is -4.38. The Labute approximate surface area is 239 Å². The van der Waals surface area contributed by atoms with Crippen molar-refractivity contribution in [2.45, 2.75) is 36.6 Å². The lowest BCUT2D eigenvalue weighted by molar-refractivity contribution is -0.151. The van der Waals surface area contributed by atoms with E-state index in [1.165, 1.54) is 0 Å². The Morgan fingerprint density at radius 2 is 0.905 bits per heavy atom. The molecule has 16 nitrogen and oxygen atoms in total. The first kappa shape index (κ1) is 33.8. The van der Waals surface area contributed by atoms with Crippen molar-refractivity contribution >= 4 is 35.8 Å². The van der Waals surface area contributed by atoms with Crippen LogP contribution < -0.4 is 0 Å². The van der Waals surface area contributed by atoms with Crippen LogP contribution in [-0.2, 0) is 66.7 Å². The minimum atomic E-state index is -1.28. The zero-order valence-corrected chi connectivity index (χ0v) is 22.2. The number of ether oxygens (including phenoxy) is 8. The number of esters is 6. The second-order valence-electron chi connectivity index (χ2n) is 8.45. The second kappa shape index (κ2) is 17.4. The number of aliphatic hydroxyl groups is 2. The average molecular weight is 599 g/mol. The maximum absolute atomic E-state index is 12.1. The zero-order valence-electron chi connectivity index (χ0n) is 22.2. The molecule has 0 saturated carbocycles. The Kier molecular flexibility index (Phi) is 14.0. The molecule has 0 spiro atoms. The molecule has 230 valence electrons. The molecule has 0 amide bonds. The van der Waals surface area contributed by atoms with E-state index in [4.69, 9.17) is 28.4 Å². The van der Waals surface area contributed by atoms with E-state index in [1.807, 2.05) is 0 Å². The first-order chi connectivity index (χ1) is 20.0. The molecule has 16 heteroatoms. The number of rotatable bonds is 16. The molecule has 42 heavy (non-hydrogen) atoms. The number of carbonyl (C=O) groups excluding carboxylic acids is 6. The van der Waals surface area contributed by atoms with Gasteiger partial charge in [-0.2, -0.15) is 0 Å². The van der Waals surface area contributed by atoms with E-state index in [9.17, 15) is 39.0 Å². The van der Waals surface area contributed by atoms with E-state index < -0.39 is 98.9 Å². The van der Waals surface area contributed by atoms with Crippen LogP contribution in [0.25, 0.3) is 0 Å². The molecular weight excluding hydrogens is 568 g/mol. The van der Waals surface area contributed by atoms with Crippen LogP contribution in [-0.4, -0.2) is 122 Å². The van der Waals surface area contributed by atoms with E-state index in [2.05, 4.69) is 22.6 Å².